The first-order chi connectivity index (χ1) is 5.84. The van der Waals surface area contributed by atoms with Gasteiger partial charge in [0.2, 0.25) is 0 Å². The molecule has 1 rings (SSSR count). The van der Waals surface area contributed by atoms with Crippen molar-refractivity contribution in [2.24, 2.45) is 0 Å². The van der Waals surface area contributed by atoms with Crippen LogP contribution < -0.4 is 0 Å². The van der Waals surface area contributed by atoms with Crippen molar-refractivity contribution in [3.05, 3.63) is 18.6 Å². The standard InChI is InChI=1S/C4H4O2.C2HF3O2/c5-4-1-2-6-3-4;3-2(4,5)1(6)7/h1-3,5H;(H,6,7). The summed E-state index contributed by atoms with van der Waals surface area (Å²) in [7, 11) is 0. The Morgan fingerprint density at radius 3 is 2.00 bits per heavy atom. The van der Waals surface area contributed by atoms with Gasteiger partial charge in [0.1, 0.15) is 6.26 Å². The zero-order valence-corrected chi connectivity index (χ0v) is 6.08. The van der Waals surface area contributed by atoms with E-state index in [2.05, 4.69) is 4.42 Å². The molecule has 0 saturated heterocycles. The van der Waals surface area contributed by atoms with Crippen molar-refractivity contribution in [3.63, 3.8) is 0 Å². The Balaban J connectivity index is 0.000000223. The summed E-state index contributed by atoms with van der Waals surface area (Å²) >= 11 is 0. The van der Waals surface area contributed by atoms with Crippen LogP contribution in [0.2, 0.25) is 0 Å². The first-order valence-electron chi connectivity index (χ1n) is 2.85. The monoisotopic (exact) mass is 198 g/mol. The molecular weight excluding hydrogens is 193 g/mol. The predicted octanol–water partition coefficient (Wildman–Crippen LogP) is 1.62. The molecule has 1 heterocycles. The maximum Gasteiger partial charge on any atom is 0.490 e. The minimum absolute atomic E-state index is 0.176. The predicted molar refractivity (Wildman–Crippen MR) is 34.1 cm³/mol. The minimum Gasteiger partial charge on any atom is -0.505 e. The van der Waals surface area contributed by atoms with Crippen LogP contribution >= 0.6 is 0 Å². The number of hydrogen-bond acceptors (Lipinski definition) is 3. The van der Waals surface area contributed by atoms with Gasteiger partial charge in [-0.25, -0.2) is 4.79 Å². The Morgan fingerprint density at radius 1 is 1.46 bits per heavy atom. The van der Waals surface area contributed by atoms with E-state index >= 15 is 0 Å². The van der Waals surface area contributed by atoms with Crippen LogP contribution in [0.25, 0.3) is 0 Å². The van der Waals surface area contributed by atoms with Gasteiger partial charge in [-0.15, -0.1) is 0 Å². The summed E-state index contributed by atoms with van der Waals surface area (Å²) in [4.78, 5) is 8.90. The molecule has 0 spiro atoms. The van der Waals surface area contributed by atoms with Crippen molar-refractivity contribution in [1.29, 1.82) is 0 Å². The molecule has 0 atom stereocenters. The van der Waals surface area contributed by atoms with Crippen LogP contribution in [0.5, 0.6) is 5.75 Å². The Hall–Kier alpha value is -1.66. The maximum absolute atomic E-state index is 10.6. The Labute approximate surface area is 70.2 Å². The fourth-order valence-electron chi connectivity index (χ4n) is 0.257. The maximum atomic E-state index is 10.6. The first kappa shape index (κ1) is 11.3. The van der Waals surface area contributed by atoms with Crippen molar-refractivity contribution in [1.82, 2.24) is 0 Å². The highest BCUT2D eigenvalue weighted by molar-refractivity contribution is 5.73. The van der Waals surface area contributed by atoms with E-state index in [-0.39, 0.29) is 5.75 Å². The van der Waals surface area contributed by atoms with Crippen molar-refractivity contribution < 1.29 is 32.6 Å². The quantitative estimate of drug-likeness (QED) is 0.664. The number of hydrogen-bond donors (Lipinski definition) is 2. The summed E-state index contributed by atoms with van der Waals surface area (Å²) in [5.74, 6) is -2.58. The lowest BCUT2D eigenvalue weighted by Crippen LogP contribution is -2.21. The first-order valence-corrected chi connectivity index (χ1v) is 2.85. The van der Waals surface area contributed by atoms with Gasteiger partial charge in [0.05, 0.1) is 6.26 Å². The molecule has 7 heteroatoms. The number of halogens is 3. The van der Waals surface area contributed by atoms with E-state index in [1.54, 1.807) is 0 Å². The molecule has 0 aromatic carbocycles. The van der Waals surface area contributed by atoms with Crippen LogP contribution in [0.15, 0.2) is 23.0 Å². The zero-order valence-electron chi connectivity index (χ0n) is 6.08. The lowest BCUT2D eigenvalue weighted by atomic mass is 10.6. The van der Waals surface area contributed by atoms with Crippen molar-refractivity contribution in [2.75, 3.05) is 0 Å². The van der Waals surface area contributed by atoms with Crippen LogP contribution in [0.1, 0.15) is 0 Å². The smallest absolute Gasteiger partial charge is 0.490 e. The molecule has 1 aromatic heterocycles. The molecule has 0 aliphatic heterocycles. The Morgan fingerprint density at radius 2 is 1.92 bits per heavy atom. The van der Waals surface area contributed by atoms with Crippen LogP contribution in [0, 0.1) is 0 Å². The second-order valence-electron chi connectivity index (χ2n) is 1.78. The fourth-order valence-corrected chi connectivity index (χ4v) is 0.257. The van der Waals surface area contributed by atoms with Gasteiger partial charge in [-0.1, -0.05) is 0 Å². The van der Waals surface area contributed by atoms with Gasteiger partial charge in [0.15, 0.2) is 5.75 Å². The zero-order chi connectivity index (χ0) is 10.5. The molecule has 0 fully saturated rings. The Bertz CT molecular complexity index is 251. The van der Waals surface area contributed by atoms with E-state index in [9.17, 15) is 13.2 Å². The average molecular weight is 198 g/mol. The van der Waals surface area contributed by atoms with Crippen LogP contribution in [-0.4, -0.2) is 22.4 Å². The van der Waals surface area contributed by atoms with Crippen LogP contribution in [0.4, 0.5) is 13.2 Å². The summed E-state index contributed by atoms with van der Waals surface area (Å²) in [5, 5.41) is 15.5. The largest absolute Gasteiger partial charge is 0.505 e. The number of carboxylic acid groups (broad SMARTS) is 1. The molecule has 0 amide bonds. The molecule has 0 radical (unpaired) electrons. The molecule has 0 bridgehead atoms. The van der Waals surface area contributed by atoms with Gasteiger partial charge in [-0.2, -0.15) is 13.2 Å². The SMILES string of the molecule is O=C(O)C(F)(F)F.Oc1ccoc1. The number of carbonyl (C=O) groups is 1. The molecule has 74 valence electrons. The van der Waals surface area contributed by atoms with E-state index in [1.165, 1.54) is 18.6 Å². The second kappa shape index (κ2) is 4.39. The molecule has 0 aliphatic carbocycles. The third kappa shape index (κ3) is 5.59. The summed E-state index contributed by atoms with van der Waals surface area (Å²) < 4.78 is 36.2. The molecule has 0 aliphatic rings. The van der Waals surface area contributed by atoms with Crippen molar-refractivity contribution >= 4 is 5.97 Å². The van der Waals surface area contributed by atoms with Crippen LogP contribution in [0.3, 0.4) is 0 Å². The molecule has 13 heavy (non-hydrogen) atoms. The topological polar surface area (TPSA) is 70.7 Å². The molecule has 0 saturated carbocycles. The van der Waals surface area contributed by atoms with E-state index in [0.29, 0.717) is 0 Å². The lowest BCUT2D eigenvalue weighted by Gasteiger charge is -1.93. The van der Waals surface area contributed by atoms with E-state index in [1.807, 2.05) is 0 Å². The van der Waals surface area contributed by atoms with E-state index in [0.717, 1.165) is 0 Å². The van der Waals surface area contributed by atoms with Gasteiger partial charge < -0.3 is 14.6 Å². The lowest BCUT2D eigenvalue weighted by molar-refractivity contribution is -0.192. The van der Waals surface area contributed by atoms with Gasteiger partial charge in [-0.05, 0) is 0 Å². The number of aliphatic carboxylic acids is 1. The third-order valence-electron chi connectivity index (χ3n) is 0.749. The van der Waals surface area contributed by atoms with Crippen molar-refractivity contribution in [3.8, 4) is 5.75 Å². The van der Waals surface area contributed by atoms with Crippen LogP contribution in [-0.2, 0) is 4.79 Å². The molecule has 4 nitrogen and oxygen atoms in total. The van der Waals surface area contributed by atoms with E-state index < -0.39 is 12.1 Å². The normalized spacial score (nSPS) is 10.1. The fraction of sp³-hybridized carbons (Fsp3) is 0.167. The highest BCUT2D eigenvalue weighted by Crippen LogP contribution is 2.13. The summed E-state index contributed by atoms with van der Waals surface area (Å²) in [6, 6.07) is 1.47. The number of furan rings is 1. The highest BCUT2D eigenvalue weighted by Gasteiger charge is 2.38. The minimum atomic E-state index is -5.08. The molecule has 1 aromatic rings. The summed E-state index contributed by atoms with van der Waals surface area (Å²) in [6.45, 7) is 0. The third-order valence-corrected chi connectivity index (χ3v) is 0.749. The van der Waals surface area contributed by atoms with Gasteiger partial charge in [0, 0.05) is 6.07 Å². The number of carboxylic acids is 1. The highest BCUT2D eigenvalue weighted by atomic mass is 19.4. The second-order valence-corrected chi connectivity index (χ2v) is 1.78. The number of alkyl halides is 3. The number of rotatable bonds is 0. The van der Waals surface area contributed by atoms with E-state index in [4.69, 9.17) is 15.0 Å². The molecule has 2 N–H and O–H groups in total. The van der Waals surface area contributed by atoms with Gasteiger partial charge in [-0.3, -0.25) is 0 Å². The molecular formula is C6H5F3O4. The number of aromatic hydroxyl groups is 1. The Kier molecular flexibility index (Phi) is 3.83. The molecule has 0 unspecified atom stereocenters. The van der Waals surface area contributed by atoms with Crippen molar-refractivity contribution in [2.45, 2.75) is 6.18 Å². The summed E-state index contributed by atoms with van der Waals surface area (Å²) in [5.41, 5.74) is 0. The summed E-state index contributed by atoms with van der Waals surface area (Å²) in [6.07, 6.45) is -2.41. The van der Waals surface area contributed by atoms with Gasteiger partial charge in [0.25, 0.3) is 0 Å². The van der Waals surface area contributed by atoms with Gasteiger partial charge >= 0.3 is 12.1 Å². The average Bonchev–Trinajstić information content (AvgIpc) is 2.38.